The Bertz CT molecular complexity index is 487. The van der Waals surface area contributed by atoms with Crippen LogP contribution in [0.15, 0.2) is 6.33 Å². The number of piperidine rings is 1. The van der Waals surface area contributed by atoms with Crippen molar-refractivity contribution in [2.75, 3.05) is 19.6 Å². The Labute approximate surface area is 116 Å². The van der Waals surface area contributed by atoms with Crippen LogP contribution in [0.3, 0.4) is 0 Å². The summed E-state index contributed by atoms with van der Waals surface area (Å²) in [7, 11) is 1.79. The van der Waals surface area contributed by atoms with E-state index in [2.05, 4.69) is 15.4 Å². The van der Waals surface area contributed by atoms with Gasteiger partial charge in [-0.15, -0.1) is 0 Å². The molecule has 0 radical (unpaired) electrons. The van der Waals surface area contributed by atoms with Crippen LogP contribution < -0.4 is 5.32 Å². The van der Waals surface area contributed by atoms with Crippen LogP contribution in [0.5, 0.6) is 0 Å². The number of hydrogen-bond donors (Lipinski definition) is 2. The van der Waals surface area contributed by atoms with Gasteiger partial charge in [-0.1, -0.05) is 0 Å². The molecular formula is C12H19N5O3. The smallest absolute Gasteiger partial charge is 0.317 e. The van der Waals surface area contributed by atoms with Gasteiger partial charge in [0.2, 0.25) is 0 Å². The zero-order valence-electron chi connectivity index (χ0n) is 11.4. The van der Waals surface area contributed by atoms with E-state index >= 15 is 0 Å². The molecule has 110 valence electrons. The molecule has 1 fully saturated rings. The van der Waals surface area contributed by atoms with E-state index in [0.29, 0.717) is 31.8 Å². The summed E-state index contributed by atoms with van der Waals surface area (Å²) in [5.41, 5.74) is 0. The summed E-state index contributed by atoms with van der Waals surface area (Å²) in [5.74, 6) is -0.609. The Morgan fingerprint density at radius 1 is 1.55 bits per heavy atom. The Morgan fingerprint density at radius 2 is 2.35 bits per heavy atom. The van der Waals surface area contributed by atoms with Crippen LogP contribution in [0, 0.1) is 5.92 Å². The third-order valence-electron chi connectivity index (χ3n) is 3.33. The summed E-state index contributed by atoms with van der Waals surface area (Å²) in [4.78, 5) is 28.5. The molecule has 1 aromatic heterocycles. The molecule has 8 heteroatoms. The minimum atomic E-state index is -0.833. The minimum absolute atomic E-state index is 0.216. The van der Waals surface area contributed by atoms with Gasteiger partial charge in [-0.3, -0.25) is 9.48 Å². The van der Waals surface area contributed by atoms with E-state index in [1.807, 2.05) is 0 Å². The van der Waals surface area contributed by atoms with Gasteiger partial charge < -0.3 is 15.3 Å². The second-order valence-corrected chi connectivity index (χ2v) is 4.94. The normalized spacial score (nSPS) is 18.9. The summed E-state index contributed by atoms with van der Waals surface area (Å²) in [5, 5.41) is 15.9. The van der Waals surface area contributed by atoms with Crippen molar-refractivity contribution in [2.45, 2.75) is 19.3 Å². The first-order valence-electron chi connectivity index (χ1n) is 6.66. The molecule has 1 saturated heterocycles. The van der Waals surface area contributed by atoms with Crippen LogP contribution in [0.4, 0.5) is 4.79 Å². The highest BCUT2D eigenvalue weighted by atomic mass is 16.4. The Hall–Kier alpha value is -2.12. The number of rotatable bonds is 4. The maximum atomic E-state index is 11.9. The van der Waals surface area contributed by atoms with Gasteiger partial charge in [0.1, 0.15) is 6.33 Å². The average Bonchev–Trinajstić information content (AvgIpc) is 2.84. The SMILES string of the molecule is Cn1cnc(CCNC(=O)N2CCCC(C(=O)O)C2)n1. The number of carbonyl (C=O) groups excluding carboxylic acids is 1. The van der Waals surface area contributed by atoms with Crippen molar-refractivity contribution in [3.63, 3.8) is 0 Å². The van der Waals surface area contributed by atoms with Crippen LogP contribution >= 0.6 is 0 Å². The van der Waals surface area contributed by atoms with Crippen LogP contribution in [0.2, 0.25) is 0 Å². The fourth-order valence-corrected chi connectivity index (χ4v) is 2.25. The second kappa shape index (κ2) is 6.36. The second-order valence-electron chi connectivity index (χ2n) is 4.94. The predicted octanol–water partition coefficient (Wildman–Crippen LogP) is -0.136. The van der Waals surface area contributed by atoms with E-state index in [1.54, 1.807) is 23.0 Å². The number of nitrogens with zero attached hydrogens (tertiary/aromatic N) is 4. The van der Waals surface area contributed by atoms with Gasteiger partial charge >= 0.3 is 12.0 Å². The zero-order chi connectivity index (χ0) is 14.5. The third kappa shape index (κ3) is 3.69. The van der Waals surface area contributed by atoms with Crippen molar-refractivity contribution < 1.29 is 14.7 Å². The van der Waals surface area contributed by atoms with E-state index in [1.165, 1.54) is 0 Å². The van der Waals surface area contributed by atoms with E-state index in [9.17, 15) is 9.59 Å². The highest BCUT2D eigenvalue weighted by Crippen LogP contribution is 2.16. The molecule has 2 heterocycles. The lowest BCUT2D eigenvalue weighted by Gasteiger charge is -2.30. The summed E-state index contributed by atoms with van der Waals surface area (Å²) >= 11 is 0. The largest absolute Gasteiger partial charge is 0.481 e. The first kappa shape index (κ1) is 14.3. The summed E-state index contributed by atoms with van der Waals surface area (Å²) < 4.78 is 1.61. The fourth-order valence-electron chi connectivity index (χ4n) is 2.25. The maximum absolute atomic E-state index is 11.9. The molecule has 1 aromatic rings. The highest BCUT2D eigenvalue weighted by molar-refractivity contribution is 5.76. The Balaban J connectivity index is 1.75. The first-order chi connectivity index (χ1) is 9.56. The van der Waals surface area contributed by atoms with Crippen molar-refractivity contribution in [1.29, 1.82) is 0 Å². The molecule has 0 aromatic carbocycles. The number of carbonyl (C=O) groups is 2. The molecule has 1 aliphatic rings. The number of amides is 2. The summed E-state index contributed by atoms with van der Waals surface area (Å²) in [6.45, 7) is 1.33. The molecular weight excluding hydrogens is 262 g/mol. The average molecular weight is 281 g/mol. The number of aromatic nitrogens is 3. The number of aliphatic carboxylic acids is 1. The lowest BCUT2D eigenvalue weighted by molar-refractivity contribution is -0.143. The van der Waals surface area contributed by atoms with E-state index in [-0.39, 0.29) is 12.6 Å². The van der Waals surface area contributed by atoms with Crippen molar-refractivity contribution in [1.82, 2.24) is 25.0 Å². The Kier molecular flexibility index (Phi) is 4.54. The molecule has 8 nitrogen and oxygen atoms in total. The quantitative estimate of drug-likeness (QED) is 0.800. The standard InChI is InChI=1S/C12H19N5O3/c1-16-8-14-10(15-16)4-5-13-12(20)17-6-2-3-9(7-17)11(18)19/h8-9H,2-7H2,1H3,(H,13,20)(H,18,19). The van der Waals surface area contributed by atoms with Crippen LogP contribution in [0.1, 0.15) is 18.7 Å². The van der Waals surface area contributed by atoms with Gasteiger partial charge in [-0.25, -0.2) is 9.78 Å². The van der Waals surface area contributed by atoms with Crippen molar-refractivity contribution >= 4 is 12.0 Å². The fraction of sp³-hybridized carbons (Fsp3) is 0.667. The number of likely N-dealkylation sites (tertiary alicyclic amines) is 1. The lowest BCUT2D eigenvalue weighted by atomic mass is 9.99. The van der Waals surface area contributed by atoms with Gasteiger partial charge in [0.15, 0.2) is 5.82 Å². The minimum Gasteiger partial charge on any atom is -0.481 e. The van der Waals surface area contributed by atoms with Gasteiger partial charge in [-0.2, -0.15) is 5.10 Å². The first-order valence-corrected chi connectivity index (χ1v) is 6.66. The van der Waals surface area contributed by atoms with Gasteiger partial charge in [0.25, 0.3) is 0 Å². The maximum Gasteiger partial charge on any atom is 0.317 e. The molecule has 2 N–H and O–H groups in total. The number of aryl methyl sites for hydroxylation is 1. The number of hydrogen-bond acceptors (Lipinski definition) is 4. The topological polar surface area (TPSA) is 100 Å². The number of carboxylic acids is 1. The molecule has 0 aliphatic carbocycles. The van der Waals surface area contributed by atoms with Crippen LogP contribution in [-0.4, -0.2) is 56.4 Å². The number of nitrogens with one attached hydrogen (secondary N) is 1. The van der Waals surface area contributed by atoms with Crippen LogP contribution in [0.25, 0.3) is 0 Å². The Morgan fingerprint density at radius 3 is 3.00 bits per heavy atom. The van der Waals surface area contributed by atoms with E-state index < -0.39 is 11.9 Å². The molecule has 2 amide bonds. The molecule has 2 rings (SSSR count). The molecule has 20 heavy (non-hydrogen) atoms. The van der Waals surface area contributed by atoms with Crippen LogP contribution in [-0.2, 0) is 18.3 Å². The van der Waals surface area contributed by atoms with Crippen molar-refractivity contribution in [3.8, 4) is 0 Å². The van der Waals surface area contributed by atoms with Gasteiger partial charge in [-0.05, 0) is 12.8 Å². The molecule has 1 unspecified atom stereocenters. The molecule has 1 atom stereocenters. The third-order valence-corrected chi connectivity index (χ3v) is 3.33. The van der Waals surface area contributed by atoms with E-state index in [0.717, 1.165) is 6.42 Å². The molecule has 0 bridgehead atoms. The zero-order valence-corrected chi connectivity index (χ0v) is 11.4. The summed E-state index contributed by atoms with van der Waals surface area (Å²) in [6, 6.07) is -0.216. The molecule has 1 aliphatic heterocycles. The molecule has 0 spiro atoms. The monoisotopic (exact) mass is 281 g/mol. The number of urea groups is 1. The molecule has 0 saturated carbocycles. The van der Waals surface area contributed by atoms with Gasteiger partial charge in [0.05, 0.1) is 5.92 Å². The lowest BCUT2D eigenvalue weighted by Crippen LogP contribution is -2.47. The number of carboxylic acid groups (broad SMARTS) is 1. The van der Waals surface area contributed by atoms with E-state index in [4.69, 9.17) is 5.11 Å². The predicted molar refractivity (Wildman–Crippen MR) is 70.0 cm³/mol. The highest BCUT2D eigenvalue weighted by Gasteiger charge is 2.27. The van der Waals surface area contributed by atoms with Gasteiger partial charge in [0, 0.05) is 33.1 Å². The summed E-state index contributed by atoms with van der Waals surface area (Å²) in [6.07, 6.45) is 3.53. The van der Waals surface area contributed by atoms with Crippen molar-refractivity contribution in [3.05, 3.63) is 12.2 Å². The van der Waals surface area contributed by atoms with Crippen molar-refractivity contribution in [2.24, 2.45) is 13.0 Å².